The van der Waals surface area contributed by atoms with Crippen LogP contribution in [0.2, 0.25) is 0 Å². The zero-order chi connectivity index (χ0) is 13.2. The highest BCUT2D eigenvalue weighted by Gasteiger charge is 2.16. The number of benzene rings is 1. The Morgan fingerprint density at radius 2 is 2.17 bits per heavy atom. The van der Waals surface area contributed by atoms with Gasteiger partial charge in [0, 0.05) is 11.8 Å². The highest BCUT2D eigenvalue weighted by Crippen LogP contribution is 2.15. The van der Waals surface area contributed by atoms with Gasteiger partial charge in [0.05, 0.1) is 17.1 Å². The topological polar surface area (TPSA) is 98.2 Å². The van der Waals surface area contributed by atoms with Crippen molar-refractivity contribution in [2.75, 3.05) is 5.73 Å². The van der Waals surface area contributed by atoms with Crippen LogP contribution in [0.4, 0.5) is 10.1 Å². The van der Waals surface area contributed by atoms with Crippen LogP contribution in [0.3, 0.4) is 0 Å². The van der Waals surface area contributed by atoms with E-state index in [0.29, 0.717) is 5.69 Å². The van der Waals surface area contributed by atoms with Crippen molar-refractivity contribution in [3.05, 3.63) is 42.0 Å². The average molecular weight is 271 g/mol. The standard InChI is InChI=1S/C10H10FN3O3S/c11-7-3-8(12)5-10(4-7)18(15,16)13-6-9-1-2-17-14-9/h1-5,13H,6,12H2. The van der Waals surface area contributed by atoms with Crippen LogP contribution < -0.4 is 10.5 Å². The molecular formula is C10H10FN3O3S. The SMILES string of the molecule is Nc1cc(F)cc(S(=O)(=O)NCc2ccon2)c1. The maximum atomic E-state index is 13.1. The molecule has 0 radical (unpaired) electrons. The summed E-state index contributed by atoms with van der Waals surface area (Å²) in [4.78, 5) is -0.233. The van der Waals surface area contributed by atoms with Gasteiger partial charge in [-0.05, 0) is 18.2 Å². The third-order valence-electron chi connectivity index (χ3n) is 2.14. The average Bonchev–Trinajstić information content (AvgIpc) is 2.78. The van der Waals surface area contributed by atoms with Crippen molar-refractivity contribution in [2.24, 2.45) is 0 Å². The van der Waals surface area contributed by atoms with Crippen LogP contribution in [0.15, 0.2) is 39.9 Å². The van der Waals surface area contributed by atoms with Crippen molar-refractivity contribution in [1.82, 2.24) is 9.88 Å². The monoisotopic (exact) mass is 271 g/mol. The number of hydrogen-bond acceptors (Lipinski definition) is 5. The number of hydrogen-bond donors (Lipinski definition) is 2. The van der Waals surface area contributed by atoms with Crippen molar-refractivity contribution >= 4 is 15.7 Å². The minimum absolute atomic E-state index is 0.0387. The van der Waals surface area contributed by atoms with Crippen LogP contribution >= 0.6 is 0 Å². The first-order chi connectivity index (χ1) is 8.47. The van der Waals surface area contributed by atoms with Gasteiger partial charge in [-0.1, -0.05) is 5.16 Å². The molecule has 18 heavy (non-hydrogen) atoms. The minimum atomic E-state index is -3.83. The zero-order valence-corrected chi connectivity index (χ0v) is 9.95. The van der Waals surface area contributed by atoms with E-state index in [9.17, 15) is 12.8 Å². The van der Waals surface area contributed by atoms with E-state index in [0.717, 1.165) is 12.1 Å². The number of anilines is 1. The van der Waals surface area contributed by atoms with Crippen molar-refractivity contribution in [1.29, 1.82) is 0 Å². The van der Waals surface area contributed by atoms with E-state index >= 15 is 0 Å². The number of nitrogens with one attached hydrogen (secondary N) is 1. The van der Waals surface area contributed by atoms with E-state index in [1.807, 2.05) is 0 Å². The van der Waals surface area contributed by atoms with E-state index < -0.39 is 15.8 Å². The van der Waals surface area contributed by atoms with Crippen molar-refractivity contribution in [3.8, 4) is 0 Å². The van der Waals surface area contributed by atoms with Gasteiger partial charge in [-0.15, -0.1) is 0 Å². The molecule has 1 heterocycles. The molecule has 0 unspecified atom stereocenters. The molecule has 6 nitrogen and oxygen atoms in total. The third-order valence-corrected chi connectivity index (χ3v) is 3.52. The Labute approximate surface area is 103 Å². The van der Waals surface area contributed by atoms with Crippen LogP contribution in [0, 0.1) is 5.82 Å². The lowest BCUT2D eigenvalue weighted by molar-refractivity contribution is 0.411. The number of nitrogens with zero attached hydrogens (tertiary/aromatic N) is 1. The number of nitrogens with two attached hydrogens (primary N) is 1. The Kier molecular flexibility index (Phi) is 3.30. The lowest BCUT2D eigenvalue weighted by Gasteiger charge is -2.06. The highest BCUT2D eigenvalue weighted by molar-refractivity contribution is 7.89. The zero-order valence-electron chi connectivity index (χ0n) is 9.13. The summed E-state index contributed by atoms with van der Waals surface area (Å²) in [6.45, 7) is -0.0464. The molecule has 0 fully saturated rings. The summed E-state index contributed by atoms with van der Waals surface area (Å²) >= 11 is 0. The van der Waals surface area contributed by atoms with Crippen LogP contribution in [0.5, 0.6) is 0 Å². The number of nitrogen functional groups attached to an aromatic ring is 1. The fourth-order valence-corrected chi connectivity index (χ4v) is 2.38. The second-order valence-corrected chi connectivity index (χ2v) is 5.30. The molecule has 0 aliphatic heterocycles. The second-order valence-electron chi connectivity index (χ2n) is 3.54. The molecule has 0 saturated carbocycles. The maximum absolute atomic E-state index is 13.1. The molecule has 0 aliphatic rings. The first-order valence-corrected chi connectivity index (χ1v) is 6.41. The Hall–Kier alpha value is -1.93. The van der Waals surface area contributed by atoms with E-state index in [1.165, 1.54) is 18.4 Å². The third kappa shape index (κ3) is 2.84. The molecule has 1 aromatic heterocycles. The van der Waals surface area contributed by atoms with E-state index in [-0.39, 0.29) is 17.1 Å². The number of sulfonamides is 1. The summed E-state index contributed by atoms with van der Waals surface area (Å²) in [5.41, 5.74) is 5.85. The summed E-state index contributed by atoms with van der Waals surface area (Å²) in [6, 6.07) is 4.62. The fourth-order valence-electron chi connectivity index (χ4n) is 1.32. The molecule has 0 amide bonds. The van der Waals surface area contributed by atoms with Crippen LogP contribution in [0.25, 0.3) is 0 Å². The van der Waals surface area contributed by atoms with Crippen molar-refractivity contribution < 1.29 is 17.3 Å². The molecule has 0 saturated heterocycles. The molecule has 1 aromatic carbocycles. The lowest BCUT2D eigenvalue weighted by Crippen LogP contribution is -2.23. The predicted octanol–water partition coefficient (Wildman–Crippen LogP) is 0.874. The first-order valence-electron chi connectivity index (χ1n) is 4.92. The number of rotatable bonds is 4. The summed E-state index contributed by atoms with van der Waals surface area (Å²) in [5.74, 6) is -0.711. The quantitative estimate of drug-likeness (QED) is 0.804. The first kappa shape index (κ1) is 12.5. The van der Waals surface area contributed by atoms with Crippen LogP contribution in [0.1, 0.15) is 5.69 Å². The Balaban J connectivity index is 2.20. The normalized spacial score (nSPS) is 11.6. The van der Waals surface area contributed by atoms with Gasteiger partial charge >= 0.3 is 0 Å². The largest absolute Gasteiger partial charge is 0.399 e. The molecule has 8 heteroatoms. The van der Waals surface area contributed by atoms with Gasteiger partial charge in [-0.25, -0.2) is 17.5 Å². The van der Waals surface area contributed by atoms with Gasteiger partial charge in [-0.3, -0.25) is 0 Å². The molecule has 0 spiro atoms. The minimum Gasteiger partial charge on any atom is -0.399 e. The summed E-state index contributed by atoms with van der Waals surface area (Å²) < 4.78 is 43.6. The summed E-state index contributed by atoms with van der Waals surface area (Å²) in [6.07, 6.45) is 1.32. The molecule has 0 aliphatic carbocycles. The van der Waals surface area contributed by atoms with Crippen molar-refractivity contribution in [3.63, 3.8) is 0 Å². The van der Waals surface area contributed by atoms with Gasteiger partial charge in [-0.2, -0.15) is 0 Å². The molecule has 0 atom stereocenters. The molecule has 2 aromatic rings. The van der Waals surface area contributed by atoms with Gasteiger partial charge in [0.1, 0.15) is 12.1 Å². The van der Waals surface area contributed by atoms with E-state index in [1.54, 1.807) is 0 Å². The summed E-state index contributed by atoms with van der Waals surface area (Å²) in [5, 5.41) is 3.55. The molecule has 3 N–H and O–H groups in total. The van der Waals surface area contributed by atoms with E-state index in [4.69, 9.17) is 5.73 Å². The van der Waals surface area contributed by atoms with Gasteiger partial charge in [0.15, 0.2) is 0 Å². The molecule has 0 bridgehead atoms. The van der Waals surface area contributed by atoms with Gasteiger partial charge in [0.2, 0.25) is 10.0 Å². The van der Waals surface area contributed by atoms with E-state index in [2.05, 4.69) is 14.4 Å². The van der Waals surface area contributed by atoms with Crippen LogP contribution in [-0.2, 0) is 16.6 Å². The Morgan fingerprint density at radius 3 is 2.78 bits per heavy atom. The van der Waals surface area contributed by atoms with Gasteiger partial charge in [0.25, 0.3) is 0 Å². The maximum Gasteiger partial charge on any atom is 0.241 e. The van der Waals surface area contributed by atoms with Gasteiger partial charge < -0.3 is 10.3 Å². The Bertz CT molecular complexity index is 620. The Morgan fingerprint density at radius 1 is 1.39 bits per heavy atom. The molecule has 2 rings (SSSR count). The molecule has 96 valence electrons. The van der Waals surface area contributed by atoms with Crippen molar-refractivity contribution in [2.45, 2.75) is 11.4 Å². The fraction of sp³-hybridized carbons (Fsp3) is 0.100. The number of halogens is 1. The second kappa shape index (κ2) is 4.75. The molecular weight excluding hydrogens is 261 g/mol. The number of aromatic nitrogens is 1. The summed E-state index contributed by atoms with van der Waals surface area (Å²) in [7, 11) is -3.83. The highest BCUT2D eigenvalue weighted by atomic mass is 32.2. The van der Waals surface area contributed by atoms with Crippen LogP contribution in [-0.4, -0.2) is 13.6 Å². The lowest BCUT2D eigenvalue weighted by atomic mass is 10.3. The smallest absolute Gasteiger partial charge is 0.241 e. The predicted molar refractivity (Wildman–Crippen MR) is 61.3 cm³/mol.